The Morgan fingerprint density at radius 1 is 1.38 bits per heavy atom. The molecule has 0 radical (unpaired) electrons. The highest BCUT2D eigenvalue weighted by atomic mass is 32.2. The van der Waals surface area contributed by atoms with Gasteiger partial charge >= 0.3 is 5.97 Å². The number of likely N-dealkylation sites (N-methyl/N-ethyl adjacent to an activating group) is 1. The number of esters is 1. The molecule has 1 aromatic carbocycles. The largest absolute Gasteiger partial charge is 0.507 e. The summed E-state index contributed by atoms with van der Waals surface area (Å²) in [6.07, 6.45) is 0.397. The van der Waals surface area contributed by atoms with Crippen molar-refractivity contribution in [2.45, 2.75) is 26.3 Å². The van der Waals surface area contributed by atoms with E-state index in [1.165, 1.54) is 17.0 Å². The molecule has 0 spiro atoms. The molecule has 7 nitrogen and oxygen atoms in total. The van der Waals surface area contributed by atoms with Gasteiger partial charge in [0.25, 0.3) is 5.91 Å². The van der Waals surface area contributed by atoms with Crippen molar-refractivity contribution in [2.24, 2.45) is 0 Å². The zero-order valence-electron chi connectivity index (χ0n) is 13.7. The first-order chi connectivity index (χ1) is 11.2. The first-order valence-electron chi connectivity index (χ1n) is 7.70. The van der Waals surface area contributed by atoms with Gasteiger partial charge in [-0.1, -0.05) is 6.07 Å². The minimum atomic E-state index is -3.10. The van der Waals surface area contributed by atoms with Crippen LogP contribution >= 0.6 is 0 Å². The van der Waals surface area contributed by atoms with Crippen LogP contribution in [0.15, 0.2) is 18.2 Å². The topological polar surface area (TPSA) is 101 Å². The average molecular weight is 355 g/mol. The number of amides is 1. The van der Waals surface area contributed by atoms with E-state index in [0.717, 1.165) is 5.56 Å². The van der Waals surface area contributed by atoms with Gasteiger partial charge in [-0.2, -0.15) is 0 Å². The third kappa shape index (κ3) is 4.25. The second-order valence-electron chi connectivity index (χ2n) is 5.83. The Labute approximate surface area is 141 Å². The number of carbonyl (C=O) groups is 2. The number of phenols is 1. The monoisotopic (exact) mass is 355 g/mol. The fourth-order valence-corrected chi connectivity index (χ4v) is 4.49. The summed E-state index contributed by atoms with van der Waals surface area (Å²) in [6.45, 7) is 3.37. The van der Waals surface area contributed by atoms with E-state index in [2.05, 4.69) is 0 Å². The lowest BCUT2D eigenvalue weighted by molar-refractivity contribution is -0.136. The molecule has 1 fully saturated rings. The molecule has 0 aromatic heterocycles. The first kappa shape index (κ1) is 18.3. The van der Waals surface area contributed by atoms with E-state index in [4.69, 9.17) is 4.74 Å². The van der Waals surface area contributed by atoms with Crippen molar-refractivity contribution < 1.29 is 27.9 Å². The fourth-order valence-electron chi connectivity index (χ4n) is 2.76. The third-order valence-electron chi connectivity index (χ3n) is 4.01. The second-order valence-corrected chi connectivity index (χ2v) is 8.06. The van der Waals surface area contributed by atoms with Crippen molar-refractivity contribution in [2.75, 3.05) is 24.7 Å². The maximum absolute atomic E-state index is 12.2. The lowest BCUT2D eigenvalue weighted by Gasteiger charge is -2.26. The minimum Gasteiger partial charge on any atom is -0.507 e. The molecule has 0 unspecified atom stereocenters. The van der Waals surface area contributed by atoms with Gasteiger partial charge in [-0.05, 0) is 38.0 Å². The van der Waals surface area contributed by atoms with Gasteiger partial charge in [-0.25, -0.2) is 13.2 Å². The number of aromatic hydroxyl groups is 1. The summed E-state index contributed by atoms with van der Waals surface area (Å²) in [5.41, 5.74) is 0.777. The van der Waals surface area contributed by atoms with Crippen LogP contribution in [0.25, 0.3) is 0 Å². The molecule has 1 amide bonds. The van der Waals surface area contributed by atoms with Crippen molar-refractivity contribution in [3.63, 3.8) is 0 Å². The number of rotatable bonds is 5. The van der Waals surface area contributed by atoms with Crippen molar-refractivity contribution >= 4 is 21.7 Å². The van der Waals surface area contributed by atoms with Crippen LogP contribution in [0, 0.1) is 6.92 Å². The van der Waals surface area contributed by atoms with Crippen LogP contribution < -0.4 is 0 Å². The quantitative estimate of drug-likeness (QED) is 0.787. The predicted octanol–water partition coefficient (Wildman–Crippen LogP) is 0.893. The van der Waals surface area contributed by atoms with Crippen LogP contribution in [-0.4, -0.2) is 61.0 Å². The van der Waals surface area contributed by atoms with E-state index in [0.29, 0.717) is 13.0 Å². The SMILES string of the molecule is CCN(C(=O)COC(=O)c1ccc(C)cc1O)[C@@H]1CCS(=O)(=O)C1. The zero-order chi connectivity index (χ0) is 17.9. The second kappa shape index (κ2) is 7.21. The van der Waals surface area contributed by atoms with Gasteiger partial charge < -0.3 is 14.7 Å². The van der Waals surface area contributed by atoms with Crippen LogP contribution in [0.3, 0.4) is 0 Å². The van der Waals surface area contributed by atoms with Gasteiger partial charge in [0.2, 0.25) is 0 Å². The average Bonchev–Trinajstić information content (AvgIpc) is 2.85. The van der Waals surface area contributed by atoms with E-state index >= 15 is 0 Å². The first-order valence-corrected chi connectivity index (χ1v) is 9.52. The molecule has 1 aromatic rings. The van der Waals surface area contributed by atoms with E-state index in [-0.39, 0.29) is 28.9 Å². The molecule has 1 heterocycles. The molecule has 0 aliphatic carbocycles. The molecule has 0 bridgehead atoms. The maximum Gasteiger partial charge on any atom is 0.342 e. The summed E-state index contributed by atoms with van der Waals surface area (Å²) >= 11 is 0. The summed E-state index contributed by atoms with van der Waals surface area (Å²) in [5.74, 6) is -1.44. The smallest absolute Gasteiger partial charge is 0.342 e. The summed E-state index contributed by atoms with van der Waals surface area (Å²) < 4.78 is 28.1. The van der Waals surface area contributed by atoms with Gasteiger partial charge in [-0.15, -0.1) is 0 Å². The lowest BCUT2D eigenvalue weighted by Crippen LogP contribution is -2.43. The van der Waals surface area contributed by atoms with E-state index in [1.807, 2.05) is 0 Å². The number of hydrogen-bond acceptors (Lipinski definition) is 6. The minimum absolute atomic E-state index is 0.0140. The summed E-state index contributed by atoms with van der Waals surface area (Å²) in [5, 5.41) is 9.75. The molecule has 1 N–H and O–H groups in total. The number of sulfone groups is 1. The highest BCUT2D eigenvalue weighted by Gasteiger charge is 2.34. The number of nitrogens with zero attached hydrogens (tertiary/aromatic N) is 1. The zero-order valence-corrected chi connectivity index (χ0v) is 14.5. The number of benzene rings is 1. The number of aryl methyl sites for hydroxylation is 1. The number of hydrogen-bond donors (Lipinski definition) is 1. The molecule has 1 aliphatic rings. The Morgan fingerprint density at radius 3 is 2.62 bits per heavy atom. The van der Waals surface area contributed by atoms with Crippen LogP contribution in [0.4, 0.5) is 0 Å². The van der Waals surface area contributed by atoms with Crippen molar-refractivity contribution in [1.29, 1.82) is 0 Å². The molecule has 24 heavy (non-hydrogen) atoms. The van der Waals surface area contributed by atoms with Gasteiger partial charge in [0.05, 0.1) is 11.5 Å². The lowest BCUT2D eigenvalue weighted by atomic mass is 10.1. The third-order valence-corrected chi connectivity index (χ3v) is 5.76. The number of ether oxygens (including phenoxy) is 1. The van der Waals surface area contributed by atoms with Crippen molar-refractivity contribution in [3.05, 3.63) is 29.3 Å². The van der Waals surface area contributed by atoms with Crippen molar-refractivity contribution in [1.82, 2.24) is 4.90 Å². The highest BCUT2D eigenvalue weighted by molar-refractivity contribution is 7.91. The van der Waals surface area contributed by atoms with E-state index in [1.54, 1.807) is 19.9 Å². The molecular weight excluding hydrogens is 334 g/mol. The molecule has 8 heteroatoms. The predicted molar refractivity (Wildman–Crippen MR) is 87.6 cm³/mol. The molecule has 0 saturated carbocycles. The van der Waals surface area contributed by atoms with Crippen LogP contribution in [0.5, 0.6) is 5.75 Å². The summed E-state index contributed by atoms with van der Waals surface area (Å²) in [7, 11) is -3.10. The maximum atomic E-state index is 12.2. The Morgan fingerprint density at radius 2 is 2.08 bits per heavy atom. The Kier molecular flexibility index (Phi) is 5.48. The van der Waals surface area contributed by atoms with Gasteiger partial charge in [-0.3, -0.25) is 4.79 Å². The fraction of sp³-hybridized carbons (Fsp3) is 0.500. The standard InChI is InChI=1S/C16H21NO6S/c1-3-17(12-6-7-24(21,22)10-12)15(19)9-23-16(20)13-5-4-11(2)8-14(13)18/h4-5,8,12,18H,3,6-7,9-10H2,1-2H3/t12-/m1/s1. The van der Waals surface area contributed by atoms with Gasteiger partial charge in [0.15, 0.2) is 16.4 Å². The number of carbonyl (C=O) groups excluding carboxylic acids is 2. The van der Waals surface area contributed by atoms with Gasteiger partial charge in [0.1, 0.15) is 11.3 Å². The molecule has 2 rings (SSSR count). The van der Waals surface area contributed by atoms with Crippen LogP contribution in [0.2, 0.25) is 0 Å². The Hall–Kier alpha value is -2.09. The molecule has 1 saturated heterocycles. The normalized spacial score (nSPS) is 19.0. The van der Waals surface area contributed by atoms with Crippen LogP contribution in [-0.2, 0) is 19.4 Å². The molecule has 1 atom stereocenters. The molecule has 132 valence electrons. The van der Waals surface area contributed by atoms with Gasteiger partial charge in [0, 0.05) is 12.6 Å². The molecular formula is C16H21NO6S. The van der Waals surface area contributed by atoms with E-state index in [9.17, 15) is 23.1 Å². The molecule has 1 aliphatic heterocycles. The van der Waals surface area contributed by atoms with Crippen LogP contribution in [0.1, 0.15) is 29.3 Å². The number of phenolic OH excluding ortho intramolecular Hbond substituents is 1. The summed E-state index contributed by atoms with van der Waals surface area (Å²) in [6, 6.07) is 4.14. The highest BCUT2D eigenvalue weighted by Crippen LogP contribution is 2.20. The Bertz CT molecular complexity index is 743. The van der Waals surface area contributed by atoms with Crippen molar-refractivity contribution in [3.8, 4) is 5.75 Å². The van der Waals surface area contributed by atoms with E-state index < -0.39 is 28.3 Å². The Balaban J connectivity index is 1.97. The summed E-state index contributed by atoms with van der Waals surface area (Å²) in [4.78, 5) is 25.6.